The molecule has 0 bridgehead atoms. The molecule has 2 N–H and O–H groups in total. The van der Waals surface area contributed by atoms with Gasteiger partial charge in [0.1, 0.15) is 5.15 Å². The van der Waals surface area contributed by atoms with Gasteiger partial charge in [0.2, 0.25) is 5.91 Å². The molecule has 1 aliphatic rings. The van der Waals surface area contributed by atoms with Crippen LogP contribution in [0.4, 0.5) is 0 Å². The molecular weight excluding hydrogens is 261 g/mol. The molecule has 2 heterocycles. The van der Waals surface area contributed by atoms with E-state index in [0.717, 1.165) is 12.0 Å². The minimum Gasteiger partial charge on any atom is -0.355 e. The summed E-state index contributed by atoms with van der Waals surface area (Å²) >= 11 is 5.94. The molecule has 1 amide bonds. The van der Waals surface area contributed by atoms with Crippen molar-refractivity contribution in [3.63, 3.8) is 0 Å². The van der Waals surface area contributed by atoms with Crippen LogP contribution in [0.2, 0.25) is 5.15 Å². The van der Waals surface area contributed by atoms with Crippen molar-refractivity contribution >= 4 is 29.9 Å². The van der Waals surface area contributed by atoms with E-state index < -0.39 is 0 Å². The zero-order valence-electron chi connectivity index (χ0n) is 9.28. The summed E-state index contributed by atoms with van der Waals surface area (Å²) in [7, 11) is 0. The number of piperidine rings is 1. The van der Waals surface area contributed by atoms with Crippen molar-refractivity contribution < 1.29 is 4.79 Å². The van der Waals surface area contributed by atoms with E-state index in [1.165, 1.54) is 0 Å². The van der Waals surface area contributed by atoms with Gasteiger partial charge in [-0.2, -0.15) is 0 Å². The fourth-order valence-electron chi connectivity index (χ4n) is 1.71. The van der Waals surface area contributed by atoms with Gasteiger partial charge in [-0.3, -0.25) is 4.79 Å². The number of hydrogen-bond donors (Lipinski definition) is 2. The number of aromatic nitrogens is 1. The Hall–Kier alpha value is -0.840. The minimum absolute atomic E-state index is 0. The summed E-state index contributed by atoms with van der Waals surface area (Å²) in [6.45, 7) is 1.38. The molecule has 4 nitrogen and oxygen atoms in total. The molecule has 17 heavy (non-hydrogen) atoms. The maximum absolute atomic E-state index is 11.0. The summed E-state index contributed by atoms with van der Waals surface area (Å²) < 4.78 is 0. The van der Waals surface area contributed by atoms with Crippen molar-refractivity contribution in [1.29, 1.82) is 0 Å². The average Bonchev–Trinajstić information content (AvgIpc) is 2.30. The summed E-state index contributed by atoms with van der Waals surface area (Å²) in [5.74, 6) is 0.137. The molecule has 94 valence electrons. The van der Waals surface area contributed by atoms with Crippen LogP contribution in [-0.2, 0) is 11.3 Å². The fraction of sp³-hybridized carbons (Fsp3) is 0.455. The first-order valence-corrected chi connectivity index (χ1v) is 5.73. The minimum atomic E-state index is 0. The van der Waals surface area contributed by atoms with Crippen molar-refractivity contribution in [2.75, 3.05) is 6.54 Å². The topological polar surface area (TPSA) is 54.0 Å². The quantitative estimate of drug-likeness (QED) is 0.823. The Balaban J connectivity index is 0.00000144. The Morgan fingerprint density at radius 2 is 2.41 bits per heavy atom. The van der Waals surface area contributed by atoms with Gasteiger partial charge in [-0.1, -0.05) is 17.7 Å². The monoisotopic (exact) mass is 275 g/mol. The Morgan fingerprint density at radius 1 is 1.59 bits per heavy atom. The first-order chi connectivity index (χ1) is 7.75. The van der Waals surface area contributed by atoms with Crippen molar-refractivity contribution in [3.8, 4) is 0 Å². The van der Waals surface area contributed by atoms with E-state index in [-0.39, 0.29) is 18.3 Å². The maximum atomic E-state index is 11.0. The Bertz CT molecular complexity index is 377. The average molecular weight is 276 g/mol. The Labute approximate surface area is 112 Å². The molecule has 1 unspecified atom stereocenters. The van der Waals surface area contributed by atoms with Crippen LogP contribution < -0.4 is 10.6 Å². The second-order valence-electron chi connectivity index (χ2n) is 3.87. The molecule has 0 saturated carbocycles. The summed E-state index contributed by atoms with van der Waals surface area (Å²) in [4.78, 5) is 15.0. The normalized spacial score (nSPS) is 19.4. The molecule has 2 rings (SSSR count). The number of rotatable bonds is 3. The van der Waals surface area contributed by atoms with Gasteiger partial charge >= 0.3 is 0 Å². The van der Waals surface area contributed by atoms with Crippen LogP contribution in [0.5, 0.6) is 0 Å². The van der Waals surface area contributed by atoms with E-state index in [9.17, 15) is 4.79 Å². The van der Waals surface area contributed by atoms with Gasteiger partial charge in [0, 0.05) is 37.3 Å². The molecule has 6 heteroatoms. The number of amides is 1. The van der Waals surface area contributed by atoms with Crippen molar-refractivity contribution in [2.45, 2.75) is 25.4 Å². The van der Waals surface area contributed by atoms with Crippen LogP contribution >= 0.6 is 24.0 Å². The Morgan fingerprint density at radius 3 is 3.06 bits per heavy atom. The highest BCUT2D eigenvalue weighted by atomic mass is 35.5. The standard InChI is InChI=1S/C11H14ClN3O.ClH/c12-11-8(2-1-5-13-11)6-14-9-3-4-10(16)15-7-9;/h1-2,5,9,14H,3-4,6-7H2,(H,15,16);1H. The molecule has 1 atom stereocenters. The highest BCUT2D eigenvalue weighted by Crippen LogP contribution is 2.12. The van der Waals surface area contributed by atoms with Gasteiger partial charge in [0.15, 0.2) is 0 Å². The van der Waals surface area contributed by atoms with Gasteiger partial charge < -0.3 is 10.6 Å². The van der Waals surface area contributed by atoms with Crippen LogP contribution in [0.15, 0.2) is 18.3 Å². The highest BCUT2D eigenvalue weighted by Gasteiger charge is 2.17. The second kappa shape index (κ2) is 6.79. The number of nitrogens with zero attached hydrogens (tertiary/aromatic N) is 1. The molecule has 0 aliphatic carbocycles. The van der Waals surface area contributed by atoms with E-state index in [4.69, 9.17) is 11.6 Å². The molecule has 1 aromatic heterocycles. The molecule has 0 radical (unpaired) electrons. The molecule has 1 aromatic rings. The van der Waals surface area contributed by atoms with Crippen LogP contribution in [-0.4, -0.2) is 23.5 Å². The summed E-state index contributed by atoms with van der Waals surface area (Å²) in [6, 6.07) is 4.14. The third kappa shape index (κ3) is 4.15. The predicted octanol–water partition coefficient (Wildman–Crippen LogP) is 1.52. The van der Waals surface area contributed by atoms with E-state index in [1.807, 2.05) is 12.1 Å². The number of carbonyl (C=O) groups excluding carboxylic acids is 1. The molecular formula is C11H15Cl2N3O. The summed E-state index contributed by atoms with van der Waals surface area (Å²) in [6.07, 6.45) is 3.15. The van der Waals surface area contributed by atoms with Gasteiger partial charge in [-0.15, -0.1) is 12.4 Å². The first-order valence-electron chi connectivity index (χ1n) is 5.35. The fourth-order valence-corrected chi connectivity index (χ4v) is 1.90. The summed E-state index contributed by atoms with van der Waals surface area (Å²) in [5.41, 5.74) is 0.987. The van der Waals surface area contributed by atoms with E-state index in [0.29, 0.717) is 30.7 Å². The lowest BCUT2D eigenvalue weighted by Crippen LogP contribution is -2.45. The second-order valence-corrected chi connectivity index (χ2v) is 4.23. The van der Waals surface area contributed by atoms with Crippen LogP contribution in [0.3, 0.4) is 0 Å². The largest absolute Gasteiger partial charge is 0.355 e. The highest BCUT2D eigenvalue weighted by molar-refractivity contribution is 6.30. The first kappa shape index (κ1) is 14.2. The van der Waals surface area contributed by atoms with Crippen LogP contribution in [0.25, 0.3) is 0 Å². The zero-order chi connectivity index (χ0) is 11.4. The van der Waals surface area contributed by atoms with Gasteiger partial charge in [-0.25, -0.2) is 4.98 Å². The smallest absolute Gasteiger partial charge is 0.220 e. The molecule has 1 saturated heterocycles. The third-order valence-electron chi connectivity index (χ3n) is 2.68. The van der Waals surface area contributed by atoms with Crippen molar-refractivity contribution in [3.05, 3.63) is 29.0 Å². The van der Waals surface area contributed by atoms with Crippen molar-refractivity contribution in [1.82, 2.24) is 15.6 Å². The van der Waals surface area contributed by atoms with E-state index in [1.54, 1.807) is 6.20 Å². The third-order valence-corrected chi connectivity index (χ3v) is 3.02. The lowest BCUT2D eigenvalue weighted by atomic mass is 10.1. The lowest BCUT2D eigenvalue weighted by molar-refractivity contribution is -0.122. The summed E-state index contributed by atoms with van der Waals surface area (Å²) in [5, 5.41) is 6.73. The SMILES string of the molecule is Cl.O=C1CCC(NCc2cccnc2Cl)CN1. The number of carbonyl (C=O) groups is 1. The van der Waals surface area contributed by atoms with E-state index in [2.05, 4.69) is 15.6 Å². The van der Waals surface area contributed by atoms with Gasteiger partial charge in [0.25, 0.3) is 0 Å². The Kier molecular flexibility index (Phi) is 5.68. The molecule has 1 fully saturated rings. The number of nitrogens with one attached hydrogen (secondary N) is 2. The van der Waals surface area contributed by atoms with Crippen LogP contribution in [0, 0.1) is 0 Å². The van der Waals surface area contributed by atoms with Gasteiger partial charge in [0.05, 0.1) is 0 Å². The zero-order valence-corrected chi connectivity index (χ0v) is 10.9. The predicted molar refractivity (Wildman–Crippen MR) is 69.4 cm³/mol. The maximum Gasteiger partial charge on any atom is 0.220 e. The van der Waals surface area contributed by atoms with Crippen molar-refractivity contribution in [2.24, 2.45) is 0 Å². The number of halogens is 2. The lowest BCUT2D eigenvalue weighted by Gasteiger charge is -2.23. The number of hydrogen-bond acceptors (Lipinski definition) is 3. The number of pyridine rings is 1. The van der Waals surface area contributed by atoms with Crippen LogP contribution in [0.1, 0.15) is 18.4 Å². The molecule has 0 spiro atoms. The molecule has 1 aliphatic heterocycles. The van der Waals surface area contributed by atoms with Gasteiger partial charge in [-0.05, 0) is 12.5 Å². The molecule has 0 aromatic carbocycles. The van der Waals surface area contributed by atoms with E-state index >= 15 is 0 Å².